The Labute approximate surface area is 263 Å². The van der Waals surface area contributed by atoms with Crippen LogP contribution in [0.1, 0.15) is 40.9 Å². The summed E-state index contributed by atoms with van der Waals surface area (Å²) in [4.78, 5) is 31.0. The number of anilines is 1. The third-order valence-electron chi connectivity index (χ3n) is 7.79. The fraction of sp³-hybridized carbons (Fsp3) is 0.194. The van der Waals surface area contributed by atoms with Gasteiger partial charge in [-0.1, -0.05) is 18.2 Å². The summed E-state index contributed by atoms with van der Waals surface area (Å²) in [5.74, 6) is -1.98. The molecule has 7 nitrogen and oxygen atoms in total. The maximum Gasteiger partial charge on any atom is 0.253 e. The second kappa shape index (κ2) is 12.9. The maximum atomic E-state index is 14.0. The molecule has 5 aromatic rings. The number of rotatable bonds is 9. The lowest BCUT2D eigenvalue weighted by Crippen LogP contribution is -2.42. The number of nitrogen functional groups attached to an aromatic ring is 1. The van der Waals surface area contributed by atoms with E-state index in [1.165, 1.54) is 29.2 Å². The first kappa shape index (κ1) is 30.6. The predicted molar refractivity (Wildman–Crippen MR) is 169 cm³/mol. The van der Waals surface area contributed by atoms with Gasteiger partial charge in [0.25, 0.3) is 11.8 Å². The summed E-state index contributed by atoms with van der Waals surface area (Å²) in [6, 6.07) is 21.6. The number of hydrogen-bond acceptors (Lipinski definition) is 6. The Balaban J connectivity index is 1.23. The molecule has 1 amide bonds. The zero-order chi connectivity index (χ0) is 32.3. The van der Waals surface area contributed by atoms with Gasteiger partial charge in [-0.2, -0.15) is 0 Å². The molecule has 1 aliphatic heterocycles. The highest BCUT2D eigenvalue weighted by molar-refractivity contribution is 5.96. The molecule has 10 heteroatoms. The minimum absolute atomic E-state index is 0.00972. The SMILES string of the molecule is Nc1ccc(/C=C/C(=O)CCc2cc3cc(-c4ccc(C(=O)N5CCC(F)(F)CC5)cc4)cc(Oc4cccc(F)c4)c3o2)cn1. The molecule has 1 aliphatic rings. The van der Waals surface area contributed by atoms with Crippen molar-refractivity contribution < 1.29 is 31.9 Å². The van der Waals surface area contributed by atoms with Gasteiger partial charge in [-0.25, -0.2) is 18.2 Å². The van der Waals surface area contributed by atoms with Crippen LogP contribution in [-0.4, -0.2) is 40.6 Å². The number of alkyl halides is 2. The molecule has 1 fully saturated rings. The van der Waals surface area contributed by atoms with Gasteiger partial charge in [-0.15, -0.1) is 0 Å². The van der Waals surface area contributed by atoms with Crippen molar-refractivity contribution in [2.45, 2.75) is 31.6 Å². The van der Waals surface area contributed by atoms with E-state index >= 15 is 0 Å². The van der Waals surface area contributed by atoms with Crippen LogP contribution in [0.5, 0.6) is 11.5 Å². The molecule has 234 valence electrons. The largest absolute Gasteiger partial charge is 0.457 e. The minimum Gasteiger partial charge on any atom is -0.457 e. The predicted octanol–water partition coefficient (Wildman–Crippen LogP) is 8.09. The lowest BCUT2D eigenvalue weighted by Gasteiger charge is -2.31. The fourth-order valence-corrected chi connectivity index (χ4v) is 5.26. The summed E-state index contributed by atoms with van der Waals surface area (Å²) in [6.45, 7) is 0.0194. The molecule has 0 radical (unpaired) electrons. The van der Waals surface area contributed by atoms with Gasteiger partial charge in [0.1, 0.15) is 23.1 Å². The highest BCUT2D eigenvalue weighted by atomic mass is 19.3. The normalized spacial score (nSPS) is 14.5. The third kappa shape index (κ3) is 7.28. The summed E-state index contributed by atoms with van der Waals surface area (Å²) in [5.41, 5.74) is 8.73. The van der Waals surface area contributed by atoms with Gasteiger partial charge in [-0.05, 0) is 83.4 Å². The highest BCUT2D eigenvalue weighted by Gasteiger charge is 2.35. The Morgan fingerprint density at radius 3 is 2.48 bits per heavy atom. The number of ketones is 1. The number of nitrogens with zero attached hydrogens (tertiary/aromatic N) is 2. The number of fused-ring (bicyclic) bond motifs is 1. The number of allylic oxidation sites excluding steroid dienone is 1. The third-order valence-corrected chi connectivity index (χ3v) is 7.79. The molecule has 6 rings (SSSR count). The van der Waals surface area contributed by atoms with Gasteiger partial charge in [0, 0.05) is 62.0 Å². The number of carbonyl (C=O) groups excluding carboxylic acids is 2. The average molecular weight is 626 g/mol. The zero-order valence-electron chi connectivity index (χ0n) is 24.7. The van der Waals surface area contributed by atoms with Crippen molar-refractivity contribution in [3.8, 4) is 22.6 Å². The van der Waals surface area contributed by atoms with Crippen LogP contribution in [0, 0.1) is 5.82 Å². The zero-order valence-corrected chi connectivity index (χ0v) is 24.7. The second-order valence-electron chi connectivity index (χ2n) is 11.2. The molecule has 1 saturated heterocycles. The second-order valence-corrected chi connectivity index (χ2v) is 11.2. The first-order valence-corrected chi connectivity index (χ1v) is 14.8. The number of furan rings is 1. The molecule has 0 spiro atoms. The Kier molecular flexibility index (Phi) is 8.61. The maximum absolute atomic E-state index is 14.0. The van der Waals surface area contributed by atoms with Crippen molar-refractivity contribution in [1.29, 1.82) is 0 Å². The quantitative estimate of drug-likeness (QED) is 0.166. The van der Waals surface area contributed by atoms with Crippen molar-refractivity contribution >= 4 is 34.6 Å². The number of halogens is 3. The molecule has 2 N–H and O–H groups in total. The van der Waals surface area contributed by atoms with Crippen LogP contribution in [0.15, 0.2) is 95.6 Å². The van der Waals surface area contributed by atoms with Gasteiger partial charge in [0.2, 0.25) is 0 Å². The molecule has 0 aliphatic carbocycles. The topological polar surface area (TPSA) is 98.7 Å². The summed E-state index contributed by atoms with van der Waals surface area (Å²) in [6.07, 6.45) is 4.60. The van der Waals surface area contributed by atoms with Crippen LogP contribution in [-0.2, 0) is 11.2 Å². The minimum atomic E-state index is -2.74. The average Bonchev–Trinajstić information content (AvgIpc) is 3.47. The van der Waals surface area contributed by atoms with E-state index in [0.717, 1.165) is 16.7 Å². The summed E-state index contributed by atoms with van der Waals surface area (Å²) in [7, 11) is 0. The van der Waals surface area contributed by atoms with Gasteiger partial charge >= 0.3 is 0 Å². The number of likely N-dealkylation sites (tertiary alicyclic amines) is 1. The van der Waals surface area contributed by atoms with Crippen molar-refractivity contribution in [2.24, 2.45) is 0 Å². The van der Waals surface area contributed by atoms with Gasteiger partial charge < -0.3 is 19.8 Å². The van der Waals surface area contributed by atoms with Crippen LogP contribution in [0.2, 0.25) is 0 Å². The standard InChI is InChI=1S/C36H30F3N3O4/c37-28-2-1-3-30(21-28)45-32-20-26(24-6-8-25(9-7-24)35(44)42-16-14-36(38,39)15-17-42)18-27-19-31(46-34(27)32)12-11-29(43)10-4-23-5-13-33(40)41-22-23/h1-10,13,18-22H,11-12,14-17H2,(H2,40,41)/b10-4+. The number of nitrogens with two attached hydrogens (primary N) is 1. The van der Waals surface area contributed by atoms with E-state index in [2.05, 4.69) is 4.98 Å². The smallest absolute Gasteiger partial charge is 0.253 e. The van der Waals surface area contributed by atoms with Crippen LogP contribution in [0.4, 0.5) is 19.0 Å². The molecule has 46 heavy (non-hydrogen) atoms. The first-order chi connectivity index (χ1) is 22.1. The molecule has 0 unspecified atom stereocenters. The summed E-state index contributed by atoms with van der Waals surface area (Å²) < 4.78 is 53.3. The Morgan fingerprint density at radius 2 is 1.76 bits per heavy atom. The van der Waals surface area contributed by atoms with E-state index in [-0.39, 0.29) is 49.8 Å². The van der Waals surface area contributed by atoms with E-state index in [0.29, 0.717) is 40.3 Å². The molecule has 3 heterocycles. The number of piperidine rings is 1. The number of aryl methyl sites for hydroxylation is 1. The fourth-order valence-electron chi connectivity index (χ4n) is 5.26. The molecule has 0 atom stereocenters. The number of benzene rings is 3. The summed E-state index contributed by atoms with van der Waals surface area (Å²) >= 11 is 0. The van der Waals surface area contributed by atoms with E-state index in [4.69, 9.17) is 14.9 Å². The lowest BCUT2D eigenvalue weighted by atomic mass is 10.0. The van der Waals surface area contributed by atoms with E-state index in [1.54, 1.807) is 60.8 Å². The molecule has 3 aromatic carbocycles. The Hall–Kier alpha value is -5.38. The Morgan fingerprint density at radius 1 is 0.978 bits per heavy atom. The number of hydrogen-bond donors (Lipinski definition) is 1. The van der Waals surface area contributed by atoms with E-state index in [1.807, 2.05) is 12.1 Å². The van der Waals surface area contributed by atoms with Gasteiger partial charge in [0.05, 0.1) is 0 Å². The number of carbonyl (C=O) groups is 2. The Bertz CT molecular complexity index is 1910. The van der Waals surface area contributed by atoms with Gasteiger partial charge in [-0.3, -0.25) is 9.59 Å². The van der Waals surface area contributed by atoms with E-state index < -0.39 is 11.7 Å². The van der Waals surface area contributed by atoms with Crippen molar-refractivity contribution in [3.63, 3.8) is 0 Å². The number of aromatic nitrogens is 1. The van der Waals surface area contributed by atoms with Crippen molar-refractivity contribution in [2.75, 3.05) is 18.8 Å². The van der Waals surface area contributed by atoms with Crippen molar-refractivity contribution in [1.82, 2.24) is 9.88 Å². The first-order valence-electron chi connectivity index (χ1n) is 14.8. The van der Waals surface area contributed by atoms with Crippen LogP contribution in [0.3, 0.4) is 0 Å². The van der Waals surface area contributed by atoms with Crippen LogP contribution < -0.4 is 10.5 Å². The molecule has 2 aromatic heterocycles. The number of pyridine rings is 1. The monoisotopic (exact) mass is 625 g/mol. The van der Waals surface area contributed by atoms with E-state index in [9.17, 15) is 22.8 Å². The molecular weight excluding hydrogens is 595 g/mol. The van der Waals surface area contributed by atoms with Crippen LogP contribution in [0.25, 0.3) is 28.2 Å². The molecular formula is C36H30F3N3O4. The van der Waals surface area contributed by atoms with Crippen LogP contribution >= 0.6 is 0 Å². The van der Waals surface area contributed by atoms with Gasteiger partial charge in [0.15, 0.2) is 17.1 Å². The molecule has 0 saturated carbocycles. The molecule has 0 bridgehead atoms. The number of ether oxygens (including phenoxy) is 1. The highest BCUT2D eigenvalue weighted by Crippen LogP contribution is 2.38. The summed E-state index contributed by atoms with van der Waals surface area (Å²) in [5, 5.41) is 0.712. The van der Waals surface area contributed by atoms with Crippen molar-refractivity contribution in [3.05, 3.63) is 114 Å². The number of amides is 1. The lowest BCUT2D eigenvalue weighted by molar-refractivity contribution is -0.114.